The average Bonchev–Trinajstić information content (AvgIpc) is 3.13. The summed E-state index contributed by atoms with van der Waals surface area (Å²) in [6.45, 7) is -0.737. The van der Waals surface area contributed by atoms with Crippen LogP contribution in [0.4, 0.5) is 23.4 Å². The smallest absolute Gasteiger partial charge is 0.387 e. The number of halogens is 5. The van der Waals surface area contributed by atoms with Crippen molar-refractivity contribution in [1.82, 2.24) is 15.6 Å². The number of nitrogens with zero attached hydrogens (tertiary/aromatic N) is 2. The molecular weight excluding hydrogens is 544 g/mol. The van der Waals surface area contributed by atoms with Gasteiger partial charge >= 0.3 is 6.61 Å². The van der Waals surface area contributed by atoms with Crippen LogP contribution in [0.25, 0.3) is 0 Å². The second kappa shape index (κ2) is 11.8. The molecule has 2 atom stereocenters. The molecule has 39 heavy (non-hydrogen) atoms. The number of ether oxygens (including phenoxy) is 2. The fourth-order valence-corrected chi connectivity index (χ4v) is 5.21. The van der Waals surface area contributed by atoms with Crippen LogP contribution in [0, 0.1) is 0 Å². The van der Waals surface area contributed by atoms with Crippen molar-refractivity contribution in [3.05, 3.63) is 47.1 Å². The Kier molecular flexibility index (Phi) is 8.73. The van der Waals surface area contributed by atoms with Crippen molar-refractivity contribution in [2.45, 2.75) is 76.3 Å². The van der Waals surface area contributed by atoms with Gasteiger partial charge in [0.1, 0.15) is 5.82 Å². The van der Waals surface area contributed by atoms with E-state index >= 15 is 0 Å². The molecular formula is C26H29ClF4N4O4. The van der Waals surface area contributed by atoms with E-state index in [2.05, 4.69) is 25.3 Å². The first-order chi connectivity index (χ1) is 18.4. The Labute approximate surface area is 228 Å². The molecule has 0 saturated carbocycles. The first kappa shape index (κ1) is 28.7. The van der Waals surface area contributed by atoms with Crippen LogP contribution in [0.3, 0.4) is 0 Å². The molecule has 1 aromatic carbocycles. The van der Waals surface area contributed by atoms with Crippen LogP contribution in [-0.2, 0) is 4.79 Å². The van der Waals surface area contributed by atoms with Crippen molar-refractivity contribution < 1.29 is 36.6 Å². The number of rotatable bonds is 10. The molecule has 8 nitrogen and oxygen atoms in total. The largest absolute Gasteiger partial charge is 0.474 e. The molecule has 0 aliphatic carbocycles. The summed E-state index contributed by atoms with van der Waals surface area (Å²) in [4.78, 5) is 31.7. The van der Waals surface area contributed by atoms with E-state index in [1.807, 2.05) is 0 Å². The Bertz CT molecular complexity index is 1170. The van der Waals surface area contributed by atoms with E-state index in [1.165, 1.54) is 38.2 Å². The van der Waals surface area contributed by atoms with E-state index in [4.69, 9.17) is 16.3 Å². The molecule has 2 aliphatic heterocycles. The third kappa shape index (κ3) is 7.03. The van der Waals surface area contributed by atoms with E-state index in [9.17, 15) is 27.2 Å². The van der Waals surface area contributed by atoms with Crippen LogP contribution in [0.15, 0.2) is 36.5 Å². The van der Waals surface area contributed by atoms with E-state index < -0.39 is 37.0 Å². The van der Waals surface area contributed by atoms with Crippen molar-refractivity contribution in [1.29, 1.82) is 0 Å². The van der Waals surface area contributed by atoms with Gasteiger partial charge in [0.05, 0.1) is 12.1 Å². The van der Waals surface area contributed by atoms with Crippen LogP contribution in [-0.4, -0.2) is 60.1 Å². The van der Waals surface area contributed by atoms with Crippen molar-refractivity contribution >= 4 is 29.2 Å². The number of fused-ring (bicyclic) bond motifs is 2. The Morgan fingerprint density at radius 1 is 1.10 bits per heavy atom. The van der Waals surface area contributed by atoms with Gasteiger partial charge in [-0.25, -0.2) is 13.8 Å². The predicted octanol–water partition coefficient (Wildman–Crippen LogP) is 4.80. The van der Waals surface area contributed by atoms with Crippen molar-refractivity contribution in [2.75, 3.05) is 11.4 Å². The number of anilines is 1. The lowest BCUT2D eigenvalue weighted by Gasteiger charge is -2.40. The van der Waals surface area contributed by atoms with Gasteiger partial charge in [0.25, 0.3) is 18.2 Å². The molecule has 0 radical (unpaired) electrons. The minimum Gasteiger partial charge on any atom is -0.474 e. The van der Waals surface area contributed by atoms with Gasteiger partial charge in [0.15, 0.2) is 17.1 Å². The Morgan fingerprint density at radius 2 is 1.79 bits per heavy atom. The molecule has 2 unspecified atom stereocenters. The number of carbonyl (C=O) groups is 2. The fraction of sp³-hybridized carbons (Fsp3) is 0.500. The third-order valence-electron chi connectivity index (χ3n) is 6.79. The summed E-state index contributed by atoms with van der Waals surface area (Å²) in [5.74, 6) is -0.650. The number of benzene rings is 1. The first-order valence-electron chi connectivity index (χ1n) is 12.5. The number of nitrogens with one attached hydrogen (secondary N) is 2. The third-order valence-corrected chi connectivity index (χ3v) is 7.03. The summed E-state index contributed by atoms with van der Waals surface area (Å²) in [6.07, 6.45) is 1.83. The molecule has 2 saturated heterocycles. The number of hydrogen-bond donors (Lipinski definition) is 2. The molecule has 2 bridgehead atoms. The van der Waals surface area contributed by atoms with E-state index in [1.54, 1.807) is 12.1 Å². The fourth-order valence-electron chi connectivity index (χ4n) is 5.05. The van der Waals surface area contributed by atoms with Gasteiger partial charge in [-0.05, 0) is 63.8 Å². The predicted molar refractivity (Wildman–Crippen MR) is 136 cm³/mol. The van der Waals surface area contributed by atoms with Crippen LogP contribution in [0.2, 0.25) is 5.02 Å². The summed E-state index contributed by atoms with van der Waals surface area (Å²) in [6, 6.07) is 7.33. The highest BCUT2D eigenvalue weighted by Gasteiger charge is 2.43. The number of pyridine rings is 1. The van der Waals surface area contributed by atoms with Crippen molar-refractivity contribution in [3.8, 4) is 11.5 Å². The molecule has 2 aliphatic rings. The number of alkyl halides is 4. The number of piperidine rings is 1. The molecule has 2 aromatic rings. The highest BCUT2D eigenvalue weighted by atomic mass is 35.5. The molecule has 3 heterocycles. The molecule has 212 valence electrons. The molecule has 2 amide bonds. The quantitative estimate of drug-likeness (QED) is 0.397. The lowest BCUT2D eigenvalue weighted by atomic mass is 9.96. The number of hydrogen-bond acceptors (Lipinski definition) is 6. The summed E-state index contributed by atoms with van der Waals surface area (Å²) in [5.41, 5.74) is -1.20. The highest BCUT2D eigenvalue weighted by molar-refractivity contribution is 6.30. The lowest BCUT2D eigenvalue weighted by molar-refractivity contribution is -0.135. The second-order valence-electron chi connectivity index (χ2n) is 10.0. The SMILES string of the molecule is CC(C)(Oc1ccc(Cl)cc1OC(F)F)C(=O)NC1CC2CCC(C1)N2c1ccc(C(=O)NCC(F)F)cn1. The average molecular weight is 573 g/mol. The minimum absolute atomic E-state index is 0.0350. The zero-order valence-electron chi connectivity index (χ0n) is 21.3. The molecule has 2 fully saturated rings. The molecule has 2 N–H and O–H groups in total. The Hall–Kier alpha value is -3.28. The van der Waals surface area contributed by atoms with Crippen LogP contribution >= 0.6 is 11.6 Å². The summed E-state index contributed by atoms with van der Waals surface area (Å²) < 4.78 is 60.6. The lowest BCUT2D eigenvalue weighted by Crippen LogP contribution is -2.55. The second-order valence-corrected chi connectivity index (χ2v) is 10.5. The summed E-state index contributed by atoms with van der Waals surface area (Å²) in [7, 11) is 0. The number of aromatic nitrogens is 1. The van der Waals surface area contributed by atoms with Gasteiger partial charge in [-0.1, -0.05) is 11.6 Å². The van der Waals surface area contributed by atoms with Gasteiger partial charge in [-0.15, -0.1) is 0 Å². The first-order valence-corrected chi connectivity index (χ1v) is 12.9. The van der Waals surface area contributed by atoms with Gasteiger partial charge in [0.2, 0.25) is 0 Å². The molecule has 4 rings (SSSR count). The van der Waals surface area contributed by atoms with Gasteiger partial charge in [-0.3, -0.25) is 9.59 Å². The van der Waals surface area contributed by atoms with Gasteiger partial charge < -0.3 is 25.0 Å². The maximum absolute atomic E-state index is 13.2. The van der Waals surface area contributed by atoms with Gasteiger partial charge in [-0.2, -0.15) is 8.78 Å². The topological polar surface area (TPSA) is 92.8 Å². The summed E-state index contributed by atoms with van der Waals surface area (Å²) in [5, 5.41) is 5.37. The van der Waals surface area contributed by atoms with Crippen molar-refractivity contribution in [2.24, 2.45) is 0 Å². The monoisotopic (exact) mass is 572 g/mol. The summed E-state index contributed by atoms with van der Waals surface area (Å²) >= 11 is 5.89. The number of carbonyl (C=O) groups excluding carboxylic acids is 2. The molecule has 13 heteroatoms. The highest BCUT2D eigenvalue weighted by Crippen LogP contribution is 2.39. The van der Waals surface area contributed by atoms with E-state index in [0.29, 0.717) is 18.7 Å². The zero-order valence-corrected chi connectivity index (χ0v) is 22.1. The normalized spacial score (nSPS) is 20.7. The van der Waals surface area contributed by atoms with Crippen LogP contribution in [0.1, 0.15) is 49.9 Å². The van der Waals surface area contributed by atoms with Gasteiger partial charge in [0, 0.05) is 35.4 Å². The standard InChI is InChI=1S/C26H29ClF4N4O4/c1-26(2,39-19-7-4-15(27)9-20(19)38-25(30)31)24(37)34-16-10-17-5-6-18(11-16)35(17)22-8-3-14(12-32-22)23(36)33-13-21(28)29/h3-4,7-9,12,16-18,21,25H,5-6,10-11,13H2,1-2H3,(H,33,36)(H,34,37). The molecule has 1 aromatic heterocycles. The number of amides is 2. The van der Waals surface area contributed by atoms with Crippen LogP contribution < -0.4 is 25.0 Å². The molecule has 0 spiro atoms. The maximum Gasteiger partial charge on any atom is 0.387 e. The van der Waals surface area contributed by atoms with Crippen molar-refractivity contribution in [3.63, 3.8) is 0 Å². The van der Waals surface area contributed by atoms with E-state index in [0.717, 1.165) is 12.8 Å². The zero-order chi connectivity index (χ0) is 28.3. The van der Waals surface area contributed by atoms with Crippen LogP contribution in [0.5, 0.6) is 11.5 Å². The Balaban J connectivity index is 1.37. The Morgan fingerprint density at radius 3 is 2.38 bits per heavy atom. The minimum atomic E-state index is -3.09. The van der Waals surface area contributed by atoms with E-state index in [-0.39, 0.29) is 40.2 Å². The maximum atomic E-state index is 13.2.